The Morgan fingerprint density at radius 2 is 1.91 bits per heavy atom. The van der Waals surface area contributed by atoms with Crippen molar-refractivity contribution >= 4 is 16.9 Å². The van der Waals surface area contributed by atoms with Crippen molar-refractivity contribution in [3.63, 3.8) is 0 Å². The third-order valence-electron chi connectivity index (χ3n) is 3.80. The molecule has 0 fully saturated rings. The molecule has 23 heavy (non-hydrogen) atoms. The Kier molecular flexibility index (Phi) is 4.33. The van der Waals surface area contributed by atoms with Crippen molar-refractivity contribution in [2.24, 2.45) is 0 Å². The number of hydrogen-bond donors (Lipinski definition) is 1. The van der Waals surface area contributed by atoms with E-state index in [2.05, 4.69) is 4.98 Å². The summed E-state index contributed by atoms with van der Waals surface area (Å²) >= 11 is 0. The topological polar surface area (TPSA) is 51.3 Å². The summed E-state index contributed by atoms with van der Waals surface area (Å²) in [6, 6.07) is 15.8. The molecule has 2 aromatic carbocycles. The molecule has 0 saturated heterocycles. The van der Waals surface area contributed by atoms with E-state index >= 15 is 0 Å². The number of hydrogen-bond acceptors (Lipinski definition) is 3. The standard InChI is InChI=1S/C19H19NO3/c1-3-23-18(21)12-16-15-11-14(22-2)9-10-17(15)20-19(16)13-7-5-4-6-8-13/h4-11,20H,3,12H2,1-2H3. The molecule has 3 rings (SSSR count). The maximum absolute atomic E-state index is 12.0. The molecule has 118 valence electrons. The minimum atomic E-state index is -0.228. The largest absolute Gasteiger partial charge is 0.497 e. The van der Waals surface area contributed by atoms with E-state index in [-0.39, 0.29) is 12.4 Å². The first kappa shape index (κ1) is 15.2. The van der Waals surface area contributed by atoms with Gasteiger partial charge in [-0.2, -0.15) is 0 Å². The van der Waals surface area contributed by atoms with Crippen LogP contribution in [0.4, 0.5) is 0 Å². The smallest absolute Gasteiger partial charge is 0.310 e. The van der Waals surface area contributed by atoms with Crippen LogP contribution in [0.15, 0.2) is 48.5 Å². The summed E-state index contributed by atoms with van der Waals surface area (Å²) in [5.74, 6) is 0.537. The highest BCUT2D eigenvalue weighted by molar-refractivity contribution is 5.94. The lowest BCUT2D eigenvalue weighted by atomic mass is 10.0. The lowest BCUT2D eigenvalue weighted by molar-refractivity contribution is -0.142. The van der Waals surface area contributed by atoms with Crippen molar-refractivity contribution in [2.45, 2.75) is 13.3 Å². The second kappa shape index (κ2) is 6.57. The summed E-state index contributed by atoms with van der Waals surface area (Å²) in [5, 5.41) is 0.983. The number of benzene rings is 2. The fraction of sp³-hybridized carbons (Fsp3) is 0.211. The van der Waals surface area contributed by atoms with Crippen LogP contribution in [0.3, 0.4) is 0 Å². The molecule has 0 atom stereocenters. The molecule has 4 heteroatoms. The molecule has 0 aliphatic heterocycles. The summed E-state index contributed by atoms with van der Waals surface area (Å²) < 4.78 is 10.4. The predicted octanol–water partition coefficient (Wildman–Crippen LogP) is 3.95. The third kappa shape index (κ3) is 3.06. The molecule has 0 bridgehead atoms. The lowest BCUT2D eigenvalue weighted by Gasteiger charge is -2.06. The molecule has 0 aliphatic rings. The highest BCUT2D eigenvalue weighted by atomic mass is 16.5. The minimum Gasteiger partial charge on any atom is -0.497 e. The van der Waals surface area contributed by atoms with E-state index < -0.39 is 0 Å². The average molecular weight is 309 g/mol. The zero-order valence-electron chi connectivity index (χ0n) is 13.3. The van der Waals surface area contributed by atoms with E-state index in [9.17, 15) is 4.79 Å². The number of carbonyl (C=O) groups is 1. The van der Waals surface area contributed by atoms with Gasteiger partial charge >= 0.3 is 5.97 Å². The number of methoxy groups -OCH3 is 1. The van der Waals surface area contributed by atoms with Gasteiger partial charge in [0.15, 0.2) is 0 Å². The SMILES string of the molecule is CCOC(=O)Cc1c(-c2ccccc2)[nH]c2ccc(OC)cc12. The highest BCUT2D eigenvalue weighted by Gasteiger charge is 2.17. The normalized spacial score (nSPS) is 10.7. The monoisotopic (exact) mass is 309 g/mol. The van der Waals surface area contributed by atoms with E-state index in [0.29, 0.717) is 6.61 Å². The van der Waals surface area contributed by atoms with Crippen molar-refractivity contribution in [3.8, 4) is 17.0 Å². The van der Waals surface area contributed by atoms with Crippen LogP contribution in [0.1, 0.15) is 12.5 Å². The van der Waals surface area contributed by atoms with Crippen LogP contribution in [0.2, 0.25) is 0 Å². The summed E-state index contributed by atoms with van der Waals surface area (Å²) in [6.07, 6.45) is 0.227. The number of fused-ring (bicyclic) bond motifs is 1. The predicted molar refractivity (Wildman–Crippen MR) is 90.6 cm³/mol. The molecule has 1 N–H and O–H groups in total. The number of H-pyrrole nitrogens is 1. The maximum atomic E-state index is 12.0. The molecule has 0 unspecified atom stereocenters. The van der Waals surface area contributed by atoms with Crippen LogP contribution >= 0.6 is 0 Å². The fourth-order valence-corrected chi connectivity index (χ4v) is 2.74. The number of aromatic amines is 1. The Morgan fingerprint density at radius 1 is 1.13 bits per heavy atom. The van der Waals surface area contributed by atoms with Crippen molar-refractivity contribution in [1.82, 2.24) is 4.98 Å². The molecule has 4 nitrogen and oxygen atoms in total. The van der Waals surface area contributed by atoms with Gasteiger partial charge in [0.1, 0.15) is 5.75 Å². The fourth-order valence-electron chi connectivity index (χ4n) is 2.74. The first-order valence-corrected chi connectivity index (χ1v) is 7.62. The molecule has 0 radical (unpaired) electrons. The Balaban J connectivity index is 2.16. The lowest BCUT2D eigenvalue weighted by Crippen LogP contribution is -2.08. The summed E-state index contributed by atoms with van der Waals surface area (Å²) in [5.41, 5.74) is 3.90. The second-order valence-corrected chi connectivity index (χ2v) is 5.24. The third-order valence-corrected chi connectivity index (χ3v) is 3.80. The first-order valence-electron chi connectivity index (χ1n) is 7.62. The van der Waals surface area contributed by atoms with Gasteiger partial charge in [0.25, 0.3) is 0 Å². The summed E-state index contributed by atoms with van der Waals surface area (Å²) in [6.45, 7) is 2.19. The number of ether oxygens (including phenoxy) is 2. The Bertz CT molecular complexity index is 821. The maximum Gasteiger partial charge on any atom is 0.310 e. The molecule has 1 aromatic heterocycles. The number of rotatable bonds is 5. The molecular formula is C19H19NO3. The zero-order chi connectivity index (χ0) is 16.2. The second-order valence-electron chi connectivity index (χ2n) is 5.24. The van der Waals surface area contributed by atoms with Crippen molar-refractivity contribution in [1.29, 1.82) is 0 Å². The number of aromatic nitrogens is 1. The Hall–Kier alpha value is -2.75. The summed E-state index contributed by atoms with van der Waals surface area (Å²) in [7, 11) is 1.64. The molecule has 3 aromatic rings. The van der Waals surface area contributed by atoms with Gasteiger partial charge < -0.3 is 14.5 Å². The number of nitrogens with one attached hydrogen (secondary N) is 1. The van der Waals surface area contributed by atoms with Crippen LogP contribution in [0.25, 0.3) is 22.2 Å². The van der Waals surface area contributed by atoms with E-state index in [1.54, 1.807) is 7.11 Å². The Morgan fingerprint density at radius 3 is 2.61 bits per heavy atom. The van der Waals surface area contributed by atoms with Gasteiger partial charge in [0.05, 0.1) is 25.8 Å². The van der Waals surface area contributed by atoms with Gasteiger partial charge in [0, 0.05) is 10.9 Å². The van der Waals surface area contributed by atoms with Gasteiger partial charge in [-0.25, -0.2) is 0 Å². The molecule has 0 saturated carbocycles. The van der Waals surface area contributed by atoms with Gasteiger partial charge in [-0.1, -0.05) is 30.3 Å². The van der Waals surface area contributed by atoms with Crippen LogP contribution in [0, 0.1) is 0 Å². The van der Waals surface area contributed by atoms with Crippen molar-refractivity contribution < 1.29 is 14.3 Å². The highest BCUT2D eigenvalue weighted by Crippen LogP contribution is 2.33. The first-order chi connectivity index (χ1) is 11.2. The van der Waals surface area contributed by atoms with Gasteiger partial charge in [0.2, 0.25) is 0 Å². The van der Waals surface area contributed by atoms with Crippen molar-refractivity contribution in [2.75, 3.05) is 13.7 Å². The van der Waals surface area contributed by atoms with Crippen LogP contribution in [-0.4, -0.2) is 24.7 Å². The van der Waals surface area contributed by atoms with E-state index in [1.807, 2.05) is 55.5 Å². The van der Waals surface area contributed by atoms with Crippen molar-refractivity contribution in [3.05, 3.63) is 54.1 Å². The number of esters is 1. The Labute approximate surface area is 135 Å². The van der Waals surface area contributed by atoms with E-state index in [4.69, 9.17) is 9.47 Å². The van der Waals surface area contributed by atoms with Crippen LogP contribution in [0.5, 0.6) is 5.75 Å². The average Bonchev–Trinajstić information content (AvgIpc) is 2.93. The molecule has 0 amide bonds. The number of carbonyl (C=O) groups excluding carboxylic acids is 1. The summed E-state index contributed by atoms with van der Waals surface area (Å²) in [4.78, 5) is 15.4. The quantitative estimate of drug-likeness (QED) is 0.726. The van der Waals surface area contributed by atoms with Gasteiger partial charge in [-0.15, -0.1) is 0 Å². The van der Waals surface area contributed by atoms with E-state index in [0.717, 1.165) is 33.5 Å². The van der Waals surface area contributed by atoms with Gasteiger partial charge in [-0.05, 0) is 36.2 Å². The minimum absolute atomic E-state index is 0.227. The molecular weight excluding hydrogens is 290 g/mol. The van der Waals surface area contributed by atoms with E-state index in [1.165, 1.54) is 0 Å². The van der Waals surface area contributed by atoms with Gasteiger partial charge in [-0.3, -0.25) is 4.79 Å². The van der Waals surface area contributed by atoms with Crippen LogP contribution in [-0.2, 0) is 16.0 Å². The molecule has 0 spiro atoms. The molecule has 0 aliphatic carbocycles. The zero-order valence-corrected chi connectivity index (χ0v) is 13.3. The molecule has 1 heterocycles. The van der Waals surface area contributed by atoms with Crippen LogP contribution < -0.4 is 4.74 Å².